The molecule has 0 saturated carbocycles. The lowest BCUT2D eigenvalue weighted by Gasteiger charge is -2.16. The largest absolute Gasteiger partial charge is 0.360 e. The van der Waals surface area contributed by atoms with E-state index in [1.807, 2.05) is 18.2 Å². The van der Waals surface area contributed by atoms with Crippen LogP contribution in [0.2, 0.25) is 0 Å². The van der Waals surface area contributed by atoms with Crippen LogP contribution in [-0.2, 0) is 4.79 Å². The molecule has 23 heavy (non-hydrogen) atoms. The molecule has 2 aromatic rings. The Morgan fingerprint density at radius 2 is 2.17 bits per heavy atom. The van der Waals surface area contributed by atoms with Gasteiger partial charge < -0.3 is 15.6 Å². The minimum atomic E-state index is -0.0808. The molecule has 3 N–H and O–H groups in total. The Morgan fingerprint density at radius 1 is 1.39 bits per heavy atom. The molecule has 122 valence electrons. The summed E-state index contributed by atoms with van der Waals surface area (Å²) in [6.07, 6.45) is 0. The third-order valence-electron chi connectivity index (χ3n) is 4.31. The van der Waals surface area contributed by atoms with Gasteiger partial charge in [0.05, 0.1) is 6.54 Å². The van der Waals surface area contributed by atoms with Crippen molar-refractivity contribution in [2.75, 3.05) is 31.5 Å². The van der Waals surface area contributed by atoms with Crippen LogP contribution < -0.4 is 11.1 Å². The summed E-state index contributed by atoms with van der Waals surface area (Å²) >= 11 is 0. The van der Waals surface area contributed by atoms with E-state index in [-0.39, 0.29) is 5.91 Å². The maximum atomic E-state index is 12.2. The number of carbonyl (C=O) groups excluding carboxylic acids is 1. The maximum Gasteiger partial charge on any atom is 0.239 e. The number of carbonyl (C=O) groups is 1. The first-order valence-electron chi connectivity index (χ1n) is 7.86. The molecule has 6 nitrogen and oxygen atoms in total. The minimum Gasteiger partial charge on any atom is -0.360 e. The van der Waals surface area contributed by atoms with Gasteiger partial charge >= 0.3 is 0 Å². The molecule has 3 rings (SSSR count). The summed E-state index contributed by atoms with van der Waals surface area (Å²) < 4.78 is 4.95. The molecular formula is C17H22N4O2. The molecule has 2 atom stereocenters. The molecule has 2 heterocycles. The Balaban J connectivity index is 1.60. The van der Waals surface area contributed by atoms with Gasteiger partial charge in [-0.25, -0.2) is 0 Å². The van der Waals surface area contributed by atoms with E-state index in [1.165, 1.54) is 5.56 Å². The molecule has 1 aliphatic heterocycles. The molecule has 0 bridgehead atoms. The van der Waals surface area contributed by atoms with Crippen molar-refractivity contribution in [2.45, 2.75) is 12.8 Å². The maximum absolute atomic E-state index is 12.2. The second-order valence-electron chi connectivity index (χ2n) is 6.08. The van der Waals surface area contributed by atoms with E-state index >= 15 is 0 Å². The lowest BCUT2D eigenvalue weighted by Crippen LogP contribution is -2.32. The van der Waals surface area contributed by atoms with Gasteiger partial charge in [0.25, 0.3) is 0 Å². The number of hydrogen-bond acceptors (Lipinski definition) is 5. The zero-order valence-electron chi connectivity index (χ0n) is 13.2. The second-order valence-corrected chi connectivity index (χ2v) is 6.08. The first kappa shape index (κ1) is 15.7. The molecule has 0 unspecified atom stereocenters. The average molecular weight is 314 g/mol. The Labute approximate surface area is 135 Å². The topological polar surface area (TPSA) is 84.4 Å². The summed E-state index contributed by atoms with van der Waals surface area (Å²) in [6.45, 7) is 4.43. The number of nitrogens with two attached hydrogens (primary N) is 1. The molecule has 1 aromatic carbocycles. The number of rotatable bonds is 5. The highest BCUT2D eigenvalue weighted by atomic mass is 16.5. The van der Waals surface area contributed by atoms with Gasteiger partial charge in [-0.15, -0.1) is 0 Å². The van der Waals surface area contributed by atoms with Crippen molar-refractivity contribution in [3.8, 4) is 0 Å². The minimum absolute atomic E-state index is 0.0808. The fourth-order valence-electron chi connectivity index (χ4n) is 3.22. The first-order chi connectivity index (χ1) is 11.2. The Hall–Kier alpha value is -2.18. The third-order valence-corrected chi connectivity index (χ3v) is 4.31. The van der Waals surface area contributed by atoms with E-state index in [9.17, 15) is 4.79 Å². The number of amides is 1. The number of anilines is 1. The first-order valence-corrected chi connectivity index (χ1v) is 7.86. The van der Waals surface area contributed by atoms with Crippen molar-refractivity contribution in [3.63, 3.8) is 0 Å². The summed E-state index contributed by atoms with van der Waals surface area (Å²) in [4.78, 5) is 14.3. The van der Waals surface area contributed by atoms with Crippen molar-refractivity contribution in [1.29, 1.82) is 0 Å². The monoisotopic (exact) mass is 314 g/mol. The second kappa shape index (κ2) is 6.93. The van der Waals surface area contributed by atoms with Gasteiger partial charge in [-0.05, 0) is 24.9 Å². The van der Waals surface area contributed by atoms with Gasteiger partial charge in [0, 0.05) is 25.1 Å². The number of nitrogens with one attached hydrogen (secondary N) is 1. The number of likely N-dealkylation sites (tertiary alicyclic amines) is 1. The van der Waals surface area contributed by atoms with Crippen LogP contribution in [0, 0.1) is 12.8 Å². The van der Waals surface area contributed by atoms with E-state index in [1.54, 1.807) is 13.0 Å². The van der Waals surface area contributed by atoms with Crippen molar-refractivity contribution in [3.05, 3.63) is 47.7 Å². The fourth-order valence-corrected chi connectivity index (χ4v) is 3.22. The van der Waals surface area contributed by atoms with Gasteiger partial charge in [0.15, 0.2) is 5.82 Å². The molecule has 6 heteroatoms. The summed E-state index contributed by atoms with van der Waals surface area (Å²) in [5.74, 6) is 1.81. The van der Waals surface area contributed by atoms with E-state index in [2.05, 4.69) is 27.5 Å². The Morgan fingerprint density at radius 3 is 2.83 bits per heavy atom. The third kappa shape index (κ3) is 3.78. The van der Waals surface area contributed by atoms with Crippen LogP contribution in [-0.4, -0.2) is 42.1 Å². The highest BCUT2D eigenvalue weighted by Crippen LogP contribution is 2.31. The van der Waals surface area contributed by atoms with Crippen LogP contribution >= 0.6 is 0 Å². The van der Waals surface area contributed by atoms with E-state index < -0.39 is 0 Å². The van der Waals surface area contributed by atoms with E-state index in [0.29, 0.717) is 36.5 Å². The average Bonchev–Trinajstić information content (AvgIpc) is 3.14. The molecule has 0 aliphatic carbocycles. The molecule has 1 fully saturated rings. The van der Waals surface area contributed by atoms with Gasteiger partial charge in [0.2, 0.25) is 5.91 Å². The van der Waals surface area contributed by atoms with Crippen LogP contribution in [0.4, 0.5) is 5.82 Å². The lowest BCUT2D eigenvalue weighted by molar-refractivity contribution is -0.117. The van der Waals surface area contributed by atoms with Crippen molar-refractivity contribution in [2.24, 2.45) is 11.7 Å². The van der Waals surface area contributed by atoms with Gasteiger partial charge in [-0.2, -0.15) is 0 Å². The normalized spacial score (nSPS) is 21.5. The quantitative estimate of drug-likeness (QED) is 0.875. The van der Waals surface area contributed by atoms with Gasteiger partial charge in [-0.3, -0.25) is 9.69 Å². The summed E-state index contributed by atoms with van der Waals surface area (Å²) in [5.41, 5.74) is 7.22. The summed E-state index contributed by atoms with van der Waals surface area (Å²) in [6, 6.07) is 12.1. The van der Waals surface area contributed by atoms with Crippen LogP contribution in [0.1, 0.15) is 17.2 Å². The fraction of sp³-hybridized carbons (Fsp3) is 0.412. The molecule has 1 amide bonds. The highest BCUT2D eigenvalue weighted by molar-refractivity contribution is 5.91. The van der Waals surface area contributed by atoms with Crippen molar-refractivity contribution >= 4 is 11.7 Å². The zero-order valence-corrected chi connectivity index (χ0v) is 13.2. The predicted octanol–water partition coefficient (Wildman–Crippen LogP) is 1.60. The standard InChI is InChI=1S/C17H22N4O2/c1-12-7-16(20-23-12)19-17(22)11-21-9-14(8-18)15(10-21)13-5-3-2-4-6-13/h2-7,14-15H,8-11,18H2,1H3,(H,19,20,22)/t14-,15+/m1/s1. The molecule has 1 aromatic heterocycles. The van der Waals surface area contributed by atoms with Crippen LogP contribution in [0.5, 0.6) is 0 Å². The lowest BCUT2D eigenvalue weighted by atomic mass is 9.89. The zero-order chi connectivity index (χ0) is 16.2. The van der Waals surface area contributed by atoms with Gasteiger partial charge in [0.1, 0.15) is 5.76 Å². The van der Waals surface area contributed by atoms with Gasteiger partial charge in [-0.1, -0.05) is 35.5 Å². The highest BCUT2D eigenvalue weighted by Gasteiger charge is 2.33. The Bertz CT molecular complexity index is 656. The van der Waals surface area contributed by atoms with Crippen LogP contribution in [0.15, 0.2) is 40.9 Å². The van der Waals surface area contributed by atoms with Crippen molar-refractivity contribution < 1.29 is 9.32 Å². The van der Waals surface area contributed by atoms with Crippen LogP contribution in [0.3, 0.4) is 0 Å². The van der Waals surface area contributed by atoms with Crippen LogP contribution in [0.25, 0.3) is 0 Å². The number of benzene rings is 1. The molecular weight excluding hydrogens is 292 g/mol. The molecule has 0 radical (unpaired) electrons. The number of nitrogens with zero attached hydrogens (tertiary/aromatic N) is 2. The molecule has 1 aliphatic rings. The SMILES string of the molecule is Cc1cc(NC(=O)CN2C[C@@H](CN)[C@H](c3ccccc3)C2)no1. The van der Waals surface area contributed by atoms with Crippen molar-refractivity contribution in [1.82, 2.24) is 10.1 Å². The number of aromatic nitrogens is 1. The number of hydrogen-bond donors (Lipinski definition) is 2. The smallest absolute Gasteiger partial charge is 0.239 e. The Kier molecular flexibility index (Phi) is 4.73. The summed E-state index contributed by atoms with van der Waals surface area (Å²) in [7, 11) is 0. The predicted molar refractivity (Wildman–Crippen MR) is 88.0 cm³/mol. The van der Waals surface area contributed by atoms with E-state index in [4.69, 9.17) is 10.3 Å². The summed E-state index contributed by atoms with van der Waals surface area (Å²) in [5, 5.41) is 6.54. The van der Waals surface area contributed by atoms with E-state index in [0.717, 1.165) is 13.1 Å². The molecule has 0 spiro atoms. The molecule has 1 saturated heterocycles. The number of aryl methyl sites for hydroxylation is 1.